The van der Waals surface area contributed by atoms with Crippen LogP contribution in [0.5, 0.6) is 0 Å². The lowest BCUT2D eigenvalue weighted by molar-refractivity contribution is -0.119. The van der Waals surface area contributed by atoms with Crippen LogP contribution in [0, 0.1) is 5.92 Å². The topological polar surface area (TPSA) is 89.3 Å². The Balaban J connectivity index is 2.01. The Bertz CT molecular complexity index is 608. The molecular formula is C12H14N2O3S2. The lowest BCUT2D eigenvalue weighted by Crippen LogP contribution is -2.23. The third-order valence-corrected chi connectivity index (χ3v) is 5.04. The summed E-state index contributed by atoms with van der Waals surface area (Å²) in [5, 5.41) is 2.70. The van der Waals surface area contributed by atoms with Gasteiger partial charge in [-0.15, -0.1) is 0 Å². The number of benzene rings is 1. The van der Waals surface area contributed by atoms with E-state index in [-0.39, 0.29) is 17.4 Å². The van der Waals surface area contributed by atoms with Gasteiger partial charge in [-0.2, -0.15) is 0 Å². The number of carbonyl (C=O) groups excluding carboxylic acids is 1. The smallest absolute Gasteiger partial charge is 0.228 e. The largest absolute Gasteiger partial charge is 0.389 e. The highest BCUT2D eigenvalue weighted by atomic mass is 32.2. The molecule has 1 amide bonds. The third kappa shape index (κ3) is 3.51. The summed E-state index contributed by atoms with van der Waals surface area (Å²) in [6, 6.07) is 6.80. The molecule has 1 saturated heterocycles. The number of sulfone groups is 1. The van der Waals surface area contributed by atoms with Crippen LogP contribution in [0.15, 0.2) is 24.3 Å². The monoisotopic (exact) mass is 298 g/mol. The molecule has 102 valence electrons. The predicted molar refractivity (Wildman–Crippen MR) is 77.7 cm³/mol. The molecule has 5 nitrogen and oxygen atoms in total. The average Bonchev–Trinajstić information content (AvgIpc) is 2.70. The van der Waals surface area contributed by atoms with Gasteiger partial charge in [0.05, 0.1) is 17.4 Å². The summed E-state index contributed by atoms with van der Waals surface area (Å²) in [5.41, 5.74) is 6.80. The number of nitrogens with one attached hydrogen (secondary N) is 1. The minimum Gasteiger partial charge on any atom is -0.389 e. The lowest BCUT2D eigenvalue weighted by atomic mass is 10.1. The molecule has 7 heteroatoms. The summed E-state index contributed by atoms with van der Waals surface area (Å²) in [6.45, 7) is 0. The molecule has 1 aromatic carbocycles. The van der Waals surface area contributed by atoms with Crippen LogP contribution < -0.4 is 11.1 Å². The van der Waals surface area contributed by atoms with Gasteiger partial charge in [-0.1, -0.05) is 12.2 Å². The summed E-state index contributed by atoms with van der Waals surface area (Å²) >= 11 is 4.83. The maximum absolute atomic E-state index is 11.9. The molecule has 0 aliphatic carbocycles. The van der Waals surface area contributed by atoms with Crippen molar-refractivity contribution in [2.75, 3.05) is 16.8 Å². The van der Waals surface area contributed by atoms with Gasteiger partial charge in [0.25, 0.3) is 0 Å². The van der Waals surface area contributed by atoms with Gasteiger partial charge in [0.1, 0.15) is 4.99 Å². The van der Waals surface area contributed by atoms with Crippen LogP contribution in [0.4, 0.5) is 5.69 Å². The number of hydrogen-bond donors (Lipinski definition) is 2. The van der Waals surface area contributed by atoms with Gasteiger partial charge >= 0.3 is 0 Å². The van der Waals surface area contributed by atoms with Gasteiger partial charge in [0.2, 0.25) is 5.91 Å². The number of amides is 1. The first-order chi connectivity index (χ1) is 8.87. The van der Waals surface area contributed by atoms with E-state index in [9.17, 15) is 13.2 Å². The van der Waals surface area contributed by atoms with Crippen molar-refractivity contribution >= 4 is 38.6 Å². The summed E-state index contributed by atoms with van der Waals surface area (Å²) < 4.78 is 22.6. The van der Waals surface area contributed by atoms with Crippen LogP contribution in [-0.2, 0) is 14.6 Å². The molecule has 1 unspecified atom stereocenters. The summed E-state index contributed by atoms with van der Waals surface area (Å²) in [5.74, 6) is -0.695. The Morgan fingerprint density at radius 2 is 1.95 bits per heavy atom. The van der Waals surface area contributed by atoms with Gasteiger partial charge in [-0.25, -0.2) is 8.42 Å². The van der Waals surface area contributed by atoms with Crippen LogP contribution in [0.1, 0.15) is 12.0 Å². The highest BCUT2D eigenvalue weighted by Gasteiger charge is 2.32. The first-order valence-electron chi connectivity index (χ1n) is 5.78. The normalized spacial score (nSPS) is 20.9. The number of thiocarbonyl (C=S) groups is 1. The molecule has 1 aromatic rings. The van der Waals surface area contributed by atoms with E-state index in [1.165, 1.54) is 0 Å². The van der Waals surface area contributed by atoms with E-state index in [0.717, 1.165) is 5.56 Å². The molecule has 0 saturated carbocycles. The van der Waals surface area contributed by atoms with Gasteiger partial charge in [-0.05, 0) is 30.7 Å². The fourth-order valence-electron chi connectivity index (χ4n) is 1.96. The number of anilines is 1. The van der Waals surface area contributed by atoms with Crippen molar-refractivity contribution in [1.82, 2.24) is 0 Å². The van der Waals surface area contributed by atoms with Crippen molar-refractivity contribution in [1.29, 1.82) is 0 Å². The molecular weight excluding hydrogens is 284 g/mol. The van der Waals surface area contributed by atoms with Crippen molar-refractivity contribution in [3.8, 4) is 0 Å². The molecule has 1 atom stereocenters. The van der Waals surface area contributed by atoms with Crippen LogP contribution in [0.2, 0.25) is 0 Å². The Morgan fingerprint density at radius 1 is 1.32 bits per heavy atom. The Kier molecular flexibility index (Phi) is 3.86. The zero-order valence-corrected chi connectivity index (χ0v) is 11.8. The SMILES string of the molecule is NC(=S)c1ccc(NC(=O)C2CCS(=O)(=O)C2)cc1. The van der Waals surface area contributed by atoms with Crippen molar-refractivity contribution in [2.45, 2.75) is 6.42 Å². The molecule has 0 bridgehead atoms. The van der Waals surface area contributed by atoms with E-state index < -0.39 is 15.8 Å². The number of carbonyl (C=O) groups is 1. The van der Waals surface area contributed by atoms with E-state index in [1.54, 1.807) is 24.3 Å². The van der Waals surface area contributed by atoms with Crippen LogP contribution in [0.3, 0.4) is 0 Å². The molecule has 1 aliphatic heterocycles. The van der Waals surface area contributed by atoms with E-state index in [0.29, 0.717) is 17.1 Å². The second-order valence-corrected chi connectivity index (χ2v) is 7.20. The Labute approximate surface area is 117 Å². The molecule has 3 N–H and O–H groups in total. The van der Waals surface area contributed by atoms with Crippen LogP contribution in [-0.4, -0.2) is 30.8 Å². The molecule has 1 heterocycles. The second-order valence-electron chi connectivity index (χ2n) is 4.53. The maximum atomic E-state index is 11.9. The third-order valence-electron chi connectivity index (χ3n) is 3.04. The van der Waals surface area contributed by atoms with Gasteiger partial charge in [0.15, 0.2) is 9.84 Å². The highest BCUT2D eigenvalue weighted by Crippen LogP contribution is 2.20. The predicted octanol–water partition coefficient (Wildman–Crippen LogP) is 0.694. The molecule has 0 spiro atoms. The fourth-order valence-corrected chi connectivity index (χ4v) is 3.84. The Morgan fingerprint density at radius 3 is 2.42 bits per heavy atom. The molecule has 19 heavy (non-hydrogen) atoms. The minimum absolute atomic E-state index is 0.0657. The summed E-state index contributed by atoms with van der Waals surface area (Å²) in [4.78, 5) is 12.2. The lowest BCUT2D eigenvalue weighted by Gasteiger charge is -2.09. The first-order valence-corrected chi connectivity index (χ1v) is 8.01. The Hall–Kier alpha value is -1.47. The minimum atomic E-state index is -3.05. The fraction of sp³-hybridized carbons (Fsp3) is 0.333. The van der Waals surface area contributed by atoms with Crippen molar-refractivity contribution in [3.63, 3.8) is 0 Å². The van der Waals surface area contributed by atoms with E-state index in [2.05, 4.69) is 5.32 Å². The molecule has 1 fully saturated rings. The molecule has 0 radical (unpaired) electrons. The van der Waals surface area contributed by atoms with E-state index >= 15 is 0 Å². The van der Waals surface area contributed by atoms with Crippen LogP contribution in [0.25, 0.3) is 0 Å². The van der Waals surface area contributed by atoms with Crippen LogP contribution >= 0.6 is 12.2 Å². The first kappa shape index (κ1) is 14.0. The van der Waals surface area contributed by atoms with E-state index in [1.807, 2.05) is 0 Å². The summed E-state index contributed by atoms with van der Waals surface area (Å²) in [7, 11) is -3.05. The standard InChI is InChI=1S/C12H14N2O3S2/c13-11(18)8-1-3-10(4-2-8)14-12(15)9-5-6-19(16,17)7-9/h1-4,9H,5-7H2,(H2,13,18)(H,14,15). The molecule has 0 aromatic heterocycles. The molecule has 1 aliphatic rings. The van der Waals surface area contributed by atoms with Crippen molar-refractivity contribution in [3.05, 3.63) is 29.8 Å². The number of nitrogens with two attached hydrogens (primary N) is 1. The van der Waals surface area contributed by atoms with E-state index in [4.69, 9.17) is 18.0 Å². The highest BCUT2D eigenvalue weighted by molar-refractivity contribution is 7.91. The number of hydrogen-bond acceptors (Lipinski definition) is 4. The zero-order chi connectivity index (χ0) is 14.0. The maximum Gasteiger partial charge on any atom is 0.228 e. The van der Waals surface area contributed by atoms with Crippen molar-refractivity contribution < 1.29 is 13.2 Å². The zero-order valence-electron chi connectivity index (χ0n) is 10.1. The van der Waals surface area contributed by atoms with Gasteiger partial charge < -0.3 is 11.1 Å². The molecule has 2 rings (SSSR count). The number of rotatable bonds is 3. The average molecular weight is 298 g/mol. The quantitative estimate of drug-likeness (QED) is 0.802. The summed E-state index contributed by atoms with van der Waals surface area (Å²) in [6.07, 6.45) is 0.388. The second kappa shape index (κ2) is 5.26. The van der Waals surface area contributed by atoms with Gasteiger partial charge in [0, 0.05) is 11.3 Å². The van der Waals surface area contributed by atoms with Gasteiger partial charge in [-0.3, -0.25) is 4.79 Å². The van der Waals surface area contributed by atoms with Crippen molar-refractivity contribution in [2.24, 2.45) is 11.7 Å².